The van der Waals surface area contributed by atoms with Crippen LogP contribution >= 0.6 is 15.9 Å². The summed E-state index contributed by atoms with van der Waals surface area (Å²) in [6.07, 6.45) is 1.21. The summed E-state index contributed by atoms with van der Waals surface area (Å²) in [5.74, 6) is 0.692. The fraction of sp³-hybridized carbons (Fsp3) is 0.538. The number of hydrogen-bond donors (Lipinski definition) is 1. The van der Waals surface area contributed by atoms with E-state index in [9.17, 15) is 0 Å². The molecule has 1 aromatic rings. The minimum Gasteiger partial charge on any atom is -0.381 e. The number of halogens is 1. The van der Waals surface area contributed by atoms with Crippen LogP contribution in [-0.2, 0) is 0 Å². The van der Waals surface area contributed by atoms with Gasteiger partial charge in [-0.25, -0.2) is 0 Å². The Morgan fingerprint density at radius 2 is 2.00 bits per heavy atom. The molecule has 2 atom stereocenters. The number of hydrogen-bond acceptors (Lipinski definition) is 1. The smallest absolute Gasteiger partial charge is 0.0489 e. The fourth-order valence-electron chi connectivity index (χ4n) is 1.49. The van der Waals surface area contributed by atoms with Gasteiger partial charge in [0.15, 0.2) is 0 Å². The van der Waals surface area contributed by atoms with Crippen LogP contribution in [0.4, 0.5) is 5.69 Å². The molecule has 0 fully saturated rings. The maximum atomic E-state index is 3.57. The first-order valence-electron chi connectivity index (χ1n) is 5.57. The van der Waals surface area contributed by atoms with E-state index in [1.54, 1.807) is 0 Å². The molecule has 0 bridgehead atoms. The lowest BCUT2D eigenvalue weighted by molar-refractivity contribution is 0.494. The molecule has 1 rings (SSSR count). The van der Waals surface area contributed by atoms with E-state index >= 15 is 0 Å². The van der Waals surface area contributed by atoms with Crippen molar-refractivity contribution in [3.05, 3.63) is 28.2 Å². The molecule has 1 nitrogen and oxygen atoms in total. The summed E-state index contributed by atoms with van der Waals surface area (Å²) < 4.78 is 1.14. The molecule has 0 aliphatic carbocycles. The Bertz CT molecular complexity index is 322. The first kappa shape index (κ1) is 12.6. The third-order valence-electron chi connectivity index (χ3n) is 3.00. The van der Waals surface area contributed by atoms with Gasteiger partial charge in [-0.05, 0) is 53.4 Å². The molecule has 1 N–H and O–H groups in total. The maximum absolute atomic E-state index is 3.57. The Kier molecular flexibility index (Phi) is 4.65. The highest BCUT2D eigenvalue weighted by molar-refractivity contribution is 9.10. The van der Waals surface area contributed by atoms with Crippen LogP contribution in [0.1, 0.15) is 32.8 Å². The van der Waals surface area contributed by atoms with Crippen molar-refractivity contribution in [2.24, 2.45) is 5.92 Å². The SMILES string of the molecule is CCC(C)C(C)Nc1cc(C)ccc1Br. The van der Waals surface area contributed by atoms with Crippen LogP contribution in [0.5, 0.6) is 0 Å². The van der Waals surface area contributed by atoms with E-state index in [1.165, 1.54) is 17.7 Å². The van der Waals surface area contributed by atoms with Gasteiger partial charge in [0.05, 0.1) is 0 Å². The zero-order valence-corrected chi connectivity index (χ0v) is 11.6. The van der Waals surface area contributed by atoms with Gasteiger partial charge < -0.3 is 5.32 Å². The Balaban J connectivity index is 2.75. The van der Waals surface area contributed by atoms with Crippen molar-refractivity contribution < 1.29 is 0 Å². The van der Waals surface area contributed by atoms with Gasteiger partial charge in [0.1, 0.15) is 0 Å². The molecule has 15 heavy (non-hydrogen) atoms. The van der Waals surface area contributed by atoms with Gasteiger partial charge in [-0.1, -0.05) is 26.3 Å². The van der Waals surface area contributed by atoms with Crippen LogP contribution in [0, 0.1) is 12.8 Å². The van der Waals surface area contributed by atoms with Gasteiger partial charge in [0.25, 0.3) is 0 Å². The van der Waals surface area contributed by atoms with Gasteiger partial charge in [0.2, 0.25) is 0 Å². The van der Waals surface area contributed by atoms with E-state index in [0.29, 0.717) is 12.0 Å². The summed E-state index contributed by atoms with van der Waals surface area (Å²) in [6.45, 7) is 8.87. The molecule has 0 saturated carbocycles. The molecule has 0 aromatic heterocycles. The minimum absolute atomic E-state index is 0.507. The van der Waals surface area contributed by atoms with Crippen LogP contribution in [-0.4, -0.2) is 6.04 Å². The van der Waals surface area contributed by atoms with Crippen molar-refractivity contribution in [3.8, 4) is 0 Å². The van der Waals surface area contributed by atoms with Gasteiger partial charge in [0, 0.05) is 16.2 Å². The number of rotatable bonds is 4. The summed E-state index contributed by atoms with van der Waals surface area (Å²) in [5.41, 5.74) is 2.49. The van der Waals surface area contributed by atoms with Crippen molar-refractivity contribution in [1.29, 1.82) is 0 Å². The zero-order chi connectivity index (χ0) is 11.4. The van der Waals surface area contributed by atoms with Crippen LogP contribution in [0.25, 0.3) is 0 Å². The molecule has 0 spiro atoms. The monoisotopic (exact) mass is 269 g/mol. The van der Waals surface area contributed by atoms with Crippen molar-refractivity contribution in [2.75, 3.05) is 5.32 Å². The first-order chi connectivity index (χ1) is 7.04. The molecule has 0 aliphatic rings. The fourth-order valence-corrected chi connectivity index (χ4v) is 1.85. The second kappa shape index (κ2) is 5.55. The molecule has 1 aromatic carbocycles. The largest absolute Gasteiger partial charge is 0.381 e. The second-order valence-corrected chi connectivity index (χ2v) is 5.16. The van der Waals surface area contributed by atoms with Crippen molar-refractivity contribution in [3.63, 3.8) is 0 Å². The molecular weight excluding hydrogens is 250 g/mol. The van der Waals surface area contributed by atoms with E-state index in [4.69, 9.17) is 0 Å². The average Bonchev–Trinajstić information content (AvgIpc) is 2.22. The molecule has 2 unspecified atom stereocenters. The molecule has 0 radical (unpaired) electrons. The molecule has 0 saturated heterocycles. The zero-order valence-electron chi connectivity index (χ0n) is 9.97. The Morgan fingerprint density at radius 1 is 1.33 bits per heavy atom. The normalized spacial score (nSPS) is 14.7. The molecule has 0 amide bonds. The van der Waals surface area contributed by atoms with E-state index < -0.39 is 0 Å². The Labute approximate surface area is 101 Å². The summed E-state index contributed by atoms with van der Waals surface area (Å²) in [7, 11) is 0. The van der Waals surface area contributed by atoms with Gasteiger partial charge in [-0.15, -0.1) is 0 Å². The number of benzene rings is 1. The lowest BCUT2D eigenvalue weighted by Crippen LogP contribution is -2.23. The third kappa shape index (κ3) is 3.53. The maximum Gasteiger partial charge on any atom is 0.0489 e. The quantitative estimate of drug-likeness (QED) is 0.842. The van der Waals surface area contributed by atoms with E-state index in [1.807, 2.05) is 0 Å². The predicted octanol–water partition coefficient (Wildman–Crippen LogP) is 4.60. The van der Waals surface area contributed by atoms with Crippen molar-refractivity contribution in [1.82, 2.24) is 0 Å². The van der Waals surface area contributed by atoms with Crippen molar-refractivity contribution in [2.45, 2.75) is 40.2 Å². The molecular formula is C13H20BrN. The number of nitrogens with one attached hydrogen (secondary N) is 1. The molecule has 0 heterocycles. The summed E-state index contributed by atoms with van der Waals surface area (Å²) in [6, 6.07) is 6.90. The van der Waals surface area contributed by atoms with Crippen LogP contribution < -0.4 is 5.32 Å². The summed E-state index contributed by atoms with van der Waals surface area (Å²) in [5, 5.41) is 3.55. The molecule has 84 valence electrons. The molecule has 2 heteroatoms. The van der Waals surface area contributed by atoms with Gasteiger partial charge >= 0.3 is 0 Å². The van der Waals surface area contributed by atoms with Crippen LogP contribution in [0.3, 0.4) is 0 Å². The van der Waals surface area contributed by atoms with Gasteiger partial charge in [-0.3, -0.25) is 0 Å². The standard InChI is InChI=1S/C13H20BrN/c1-5-10(3)11(4)15-13-8-9(2)6-7-12(13)14/h6-8,10-11,15H,5H2,1-4H3. The van der Waals surface area contributed by atoms with Crippen molar-refractivity contribution >= 4 is 21.6 Å². The van der Waals surface area contributed by atoms with E-state index in [-0.39, 0.29) is 0 Å². The van der Waals surface area contributed by atoms with E-state index in [0.717, 1.165) is 4.47 Å². The highest BCUT2D eigenvalue weighted by Gasteiger charge is 2.11. The van der Waals surface area contributed by atoms with Crippen LogP contribution in [0.15, 0.2) is 22.7 Å². The summed E-state index contributed by atoms with van der Waals surface area (Å²) in [4.78, 5) is 0. The average molecular weight is 270 g/mol. The van der Waals surface area contributed by atoms with E-state index in [2.05, 4.69) is 67.1 Å². The highest BCUT2D eigenvalue weighted by Crippen LogP contribution is 2.25. The van der Waals surface area contributed by atoms with Crippen LogP contribution in [0.2, 0.25) is 0 Å². The minimum atomic E-state index is 0.507. The van der Waals surface area contributed by atoms with Gasteiger partial charge in [-0.2, -0.15) is 0 Å². The number of anilines is 1. The first-order valence-corrected chi connectivity index (χ1v) is 6.36. The molecule has 0 aliphatic heterocycles. The predicted molar refractivity (Wildman–Crippen MR) is 71.4 cm³/mol. The number of aryl methyl sites for hydroxylation is 1. The second-order valence-electron chi connectivity index (χ2n) is 4.30. The Morgan fingerprint density at radius 3 is 2.60 bits per heavy atom. The lowest BCUT2D eigenvalue weighted by Gasteiger charge is -2.22. The summed E-state index contributed by atoms with van der Waals surface area (Å²) >= 11 is 3.57. The topological polar surface area (TPSA) is 12.0 Å². The lowest BCUT2D eigenvalue weighted by atomic mass is 10.0. The Hall–Kier alpha value is -0.500. The third-order valence-corrected chi connectivity index (χ3v) is 3.69. The highest BCUT2D eigenvalue weighted by atomic mass is 79.9.